The van der Waals surface area contributed by atoms with E-state index in [4.69, 9.17) is 4.74 Å². The van der Waals surface area contributed by atoms with Gasteiger partial charge in [0.15, 0.2) is 0 Å². The number of carbonyl (C=O) groups is 1. The highest BCUT2D eigenvalue weighted by molar-refractivity contribution is 7.16. The summed E-state index contributed by atoms with van der Waals surface area (Å²) in [4.78, 5) is 19.4. The number of thiophene rings is 1. The highest BCUT2D eigenvalue weighted by Crippen LogP contribution is 2.40. The first-order valence-electron chi connectivity index (χ1n) is 12.3. The van der Waals surface area contributed by atoms with Crippen molar-refractivity contribution in [2.75, 3.05) is 44.6 Å². The number of ether oxygens (including phenoxy) is 1. The lowest BCUT2D eigenvalue weighted by molar-refractivity contribution is 0.102. The molecule has 34 heavy (non-hydrogen) atoms. The Morgan fingerprint density at radius 2 is 1.71 bits per heavy atom. The first kappa shape index (κ1) is 24.5. The van der Waals surface area contributed by atoms with Crippen LogP contribution in [0.15, 0.2) is 60.7 Å². The van der Waals surface area contributed by atoms with E-state index < -0.39 is 0 Å². The third-order valence-corrected chi connectivity index (χ3v) is 7.65. The maximum Gasteiger partial charge on any atom is 0.256 e. The van der Waals surface area contributed by atoms with Crippen LogP contribution in [0, 0.1) is 0 Å². The minimum atomic E-state index is -0.0624. The second-order valence-corrected chi connectivity index (χ2v) is 9.68. The molecule has 3 aromatic rings. The molecule has 1 aromatic heterocycles. The van der Waals surface area contributed by atoms with E-state index in [2.05, 4.69) is 59.3 Å². The molecule has 1 amide bonds. The van der Waals surface area contributed by atoms with Crippen molar-refractivity contribution in [3.05, 3.63) is 82.2 Å². The van der Waals surface area contributed by atoms with E-state index in [9.17, 15) is 4.79 Å². The molecule has 180 valence electrons. The summed E-state index contributed by atoms with van der Waals surface area (Å²) >= 11 is 1.69. The predicted octanol–water partition coefficient (Wildman–Crippen LogP) is 5.69. The topological polar surface area (TPSA) is 44.8 Å². The van der Waals surface area contributed by atoms with Gasteiger partial charge in [0.2, 0.25) is 0 Å². The number of carbonyl (C=O) groups excluding carboxylic acids is 1. The fourth-order valence-electron chi connectivity index (χ4n) is 4.54. The number of rotatable bonds is 9. The maximum absolute atomic E-state index is 13.1. The van der Waals surface area contributed by atoms with Gasteiger partial charge in [-0.1, -0.05) is 44.2 Å². The number of nitrogens with one attached hydrogen (secondary N) is 1. The van der Waals surface area contributed by atoms with Crippen LogP contribution in [0.3, 0.4) is 0 Å². The maximum atomic E-state index is 13.1. The second-order valence-electron chi connectivity index (χ2n) is 8.55. The van der Waals surface area contributed by atoms with Gasteiger partial charge in [0.25, 0.3) is 5.91 Å². The molecule has 1 fully saturated rings. The Bertz CT molecular complexity index is 1060. The number of likely N-dealkylation sites (N-methyl/N-ethyl adjacent to an activating group) is 1. The predicted molar refractivity (Wildman–Crippen MR) is 141 cm³/mol. The molecule has 1 atom stereocenters. The van der Waals surface area contributed by atoms with Crippen molar-refractivity contribution in [1.82, 2.24) is 9.80 Å². The second kappa shape index (κ2) is 11.6. The number of piperazine rings is 1. The fourth-order valence-corrected chi connectivity index (χ4v) is 5.56. The monoisotopic (exact) mass is 477 g/mol. The zero-order valence-corrected chi connectivity index (χ0v) is 21.2. The number of anilines is 1. The summed E-state index contributed by atoms with van der Waals surface area (Å²) in [5, 5.41) is 4.19. The van der Waals surface area contributed by atoms with Crippen LogP contribution in [0.25, 0.3) is 0 Å². The smallest absolute Gasteiger partial charge is 0.256 e. The standard InChI is InChI=1S/C28H35N3O2S/c1-4-24-20-25(28(34-24)29-27(32)22-10-8-7-9-11-22)26(31-18-16-30(5-2)17-19-31)21-12-14-23(15-13-21)33-6-3/h7-15,20,26H,4-6,16-19H2,1-3H3,(H,29,32). The van der Waals surface area contributed by atoms with Gasteiger partial charge < -0.3 is 15.0 Å². The van der Waals surface area contributed by atoms with Crippen LogP contribution in [0.2, 0.25) is 0 Å². The lowest BCUT2D eigenvalue weighted by Crippen LogP contribution is -2.47. The molecule has 1 aliphatic rings. The molecule has 1 unspecified atom stereocenters. The van der Waals surface area contributed by atoms with Gasteiger partial charge in [0.1, 0.15) is 10.8 Å². The van der Waals surface area contributed by atoms with Crippen LogP contribution < -0.4 is 10.1 Å². The zero-order valence-electron chi connectivity index (χ0n) is 20.4. The van der Waals surface area contributed by atoms with Gasteiger partial charge >= 0.3 is 0 Å². The highest BCUT2D eigenvalue weighted by atomic mass is 32.1. The number of aryl methyl sites for hydroxylation is 1. The first-order chi connectivity index (χ1) is 16.6. The molecule has 5 nitrogen and oxygen atoms in total. The van der Waals surface area contributed by atoms with E-state index in [1.807, 2.05) is 37.3 Å². The average Bonchev–Trinajstić information content (AvgIpc) is 3.28. The third kappa shape index (κ3) is 5.69. The Hall–Kier alpha value is -2.67. The van der Waals surface area contributed by atoms with E-state index in [-0.39, 0.29) is 11.9 Å². The molecule has 2 aromatic carbocycles. The van der Waals surface area contributed by atoms with E-state index >= 15 is 0 Å². The number of hydrogen-bond acceptors (Lipinski definition) is 5. The van der Waals surface area contributed by atoms with E-state index in [1.54, 1.807) is 11.3 Å². The van der Waals surface area contributed by atoms with Gasteiger partial charge in [-0.05, 0) is 55.8 Å². The average molecular weight is 478 g/mol. The molecule has 1 saturated heterocycles. The number of hydrogen-bond donors (Lipinski definition) is 1. The van der Waals surface area contributed by atoms with Crippen LogP contribution >= 0.6 is 11.3 Å². The molecule has 0 aliphatic carbocycles. The summed E-state index contributed by atoms with van der Waals surface area (Å²) in [5.74, 6) is 0.825. The van der Waals surface area contributed by atoms with Crippen molar-refractivity contribution in [2.24, 2.45) is 0 Å². The fraction of sp³-hybridized carbons (Fsp3) is 0.393. The third-order valence-electron chi connectivity index (χ3n) is 6.44. The summed E-state index contributed by atoms with van der Waals surface area (Å²) in [6.07, 6.45) is 0.943. The normalized spacial score (nSPS) is 15.7. The zero-order chi connectivity index (χ0) is 23.9. The van der Waals surface area contributed by atoms with Crippen LogP contribution in [0.5, 0.6) is 5.75 Å². The Kier molecular flexibility index (Phi) is 8.38. The van der Waals surface area contributed by atoms with Gasteiger partial charge in [-0.2, -0.15) is 0 Å². The van der Waals surface area contributed by atoms with Crippen LogP contribution in [-0.4, -0.2) is 55.0 Å². The van der Waals surface area contributed by atoms with Crippen molar-refractivity contribution in [2.45, 2.75) is 33.2 Å². The molecule has 0 spiro atoms. The lowest BCUT2D eigenvalue weighted by Gasteiger charge is -2.39. The van der Waals surface area contributed by atoms with E-state index in [0.29, 0.717) is 12.2 Å². The van der Waals surface area contributed by atoms with Gasteiger partial charge in [-0.15, -0.1) is 11.3 Å². The Labute approximate surface area is 207 Å². The molecular formula is C28H35N3O2S. The molecule has 0 bridgehead atoms. The Morgan fingerprint density at radius 1 is 1.00 bits per heavy atom. The quantitative estimate of drug-likeness (QED) is 0.430. The molecule has 0 saturated carbocycles. The summed E-state index contributed by atoms with van der Waals surface area (Å²) < 4.78 is 5.69. The van der Waals surface area contributed by atoms with Crippen molar-refractivity contribution >= 4 is 22.2 Å². The van der Waals surface area contributed by atoms with Crippen LogP contribution in [-0.2, 0) is 6.42 Å². The van der Waals surface area contributed by atoms with Gasteiger partial charge in [0.05, 0.1) is 12.6 Å². The minimum Gasteiger partial charge on any atom is -0.494 e. The van der Waals surface area contributed by atoms with E-state index in [0.717, 1.165) is 49.9 Å². The largest absolute Gasteiger partial charge is 0.494 e. The number of nitrogens with zero attached hydrogens (tertiary/aromatic N) is 2. The SMILES string of the molecule is CCOc1ccc(C(c2cc(CC)sc2NC(=O)c2ccccc2)N2CCN(CC)CC2)cc1. The highest BCUT2D eigenvalue weighted by Gasteiger charge is 2.29. The van der Waals surface area contributed by atoms with Gasteiger partial charge in [0, 0.05) is 42.2 Å². The number of amides is 1. The van der Waals surface area contributed by atoms with Crippen molar-refractivity contribution in [3.63, 3.8) is 0 Å². The molecule has 4 rings (SSSR count). The lowest BCUT2D eigenvalue weighted by atomic mass is 9.97. The van der Waals surface area contributed by atoms with Crippen molar-refractivity contribution < 1.29 is 9.53 Å². The Balaban J connectivity index is 1.70. The summed E-state index contributed by atoms with van der Waals surface area (Å²) in [6.45, 7) is 12.2. The van der Waals surface area contributed by atoms with E-state index in [1.165, 1.54) is 16.0 Å². The molecule has 6 heteroatoms. The Morgan fingerprint density at radius 3 is 2.32 bits per heavy atom. The summed E-state index contributed by atoms with van der Waals surface area (Å²) in [6, 6.07) is 20.3. The number of benzene rings is 2. The minimum absolute atomic E-state index is 0.0624. The molecule has 0 radical (unpaired) electrons. The van der Waals surface area contributed by atoms with Gasteiger partial charge in [-0.25, -0.2) is 0 Å². The van der Waals surface area contributed by atoms with Crippen molar-refractivity contribution in [3.8, 4) is 5.75 Å². The first-order valence-corrected chi connectivity index (χ1v) is 13.1. The summed E-state index contributed by atoms with van der Waals surface area (Å²) in [5.41, 5.74) is 3.08. The van der Waals surface area contributed by atoms with Crippen LogP contribution in [0.1, 0.15) is 53.2 Å². The van der Waals surface area contributed by atoms with Crippen LogP contribution in [0.4, 0.5) is 5.00 Å². The molecule has 1 N–H and O–H groups in total. The van der Waals surface area contributed by atoms with Gasteiger partial charge in [-0.3, -0.25) is 9.69 Å². The molecule has 2 heterocycles. The van der Waals surface area contributed by atoms with Crippen molar-refractivity contribution in [1.29, 1.82) is 0 Å². The molecular weight excluding hydrogens is 442 g/mol. The molecule has 1 aliphatic heterocycles. The summed E-state index contributed by atoms with van der Waals surface area (Å²) in [7, 11) is 0.